The van der Waals surface area contributed by atoms with E-state index in [9.17, 15) is 17.6 Å². The summed E-state index contributed by atoms with van der Waals surface area (Å²) in [5.41, 5.74) is 0.391. The standard InChI is InChI=1S/C15H10Br2FN3O3S2/c1-21-12(15(22)19-8-2-3-10(18)9(16)6-8)7-11(20-26(21,23)24)13-4-5-14(17)25-13/h2-7H,1H3,(H,19,22). The molecule has 0 spiro atoms. The Hall–Kier alpha value is -1.56. The first-order chi connectivity index (χ1) is 12.2. The first-order valence-corrected chi connectivity index (χ1v) is 10.8. The van der Waals surface area contributed by atoms with Gasteiger partial charge in [-0.1, -0.05) is 0 Å². The Labute approximate surface area is 169 Å². The van der Waals surface area contributed by atoms with E-state index in [4.69, 9.17) is 0 Å². The number of hydrogen-bond acceptors (Lipinski definition) is 4. The van der Waals surface area contributed by atoms with Crippen LogP contribution in [0.15, 0.2) is 54.8 Å². The van der Waals surface area contributed by atoms with Gasteiger partial charge in [0.15, 0.2) is 0 Å². The number of amides is 1. The highest BCUT2D eigenvalue weighted by Crippen LogP contribution is 2.27. The molecule has 0 fully saturated rings. The minimum absolute atomic E-state index is 0.0973. The third-order valence-corrected chi connectivity index (χ3v) is 6.98. The Morgan fingerprint density at radius 2 is 2.00 bits per heavy atom. The fourth-order valence-electron chi connectivity index (χ4n) is 2.10. The molecule has 3 rings (SSSR count). The first kappa shape index (κ1) is 19.2. The van der Waals surface area contributed by atoms with Crippen LogP contribution in [0.4, 0.5) is 10.1 Å². The Bertz CT molecular complexity index is 1060. The van der Waals surface area contributed by atoms with Gasteiger partial charge in [0.1, 0.15) is 11.5 Å². The summed E-state index contributed by atoms with van der Waals surface area (Å²) in [6.45, 7) is 0. The van der Waals surface area contributed by atoms with Crippen LogP contribution < -0.4 is 5.32 Å². The molecule has 2 heterocycles. The molecule has 1 aliphatic rings. The zero-order valence-corrected chi connectivity index (χ0v) is 17.8. The lowest BCUT2D eigenvalue weighted by Crippen LogP contribution is -2.35. The zero-order chi connectivity index (χ0) is 19.1. The molecule has 1 aromatic heterocycles. The van der Waals surface area contributed by atoms with Gasteiger partial charge in [-0.05, 0) is 68.3 Å². The van der Waals surface area contributed by atoms with Crippen molar-refractivity contribution in [2.45, 2.75) is 0 Å². The van der Waals surface area contributed by atoms with Crippen molar-refractivity contribution in [3.8, 4) is 0 Å². The summed E-state index contributed by atoms with van der Waals surface area (Å²) in [7, 11) is -2.79. The van der Waals surface area contributed by atoms with E-state index in [-0.39, 0.29) is 15.9 Å². The molecule has 0 atom stereocenters. The van der Waals surface area contributed by atoms with Gasteiger partial charge in [-0.25, -0.2) is 8.70 Å². The lowest BCUT2D eigenvalue weighted by molar-refractivity contribution is -0.113. The van der Waals surface area contributed by atoms with E-state index in [2.05, 4.69) is 41.6 Å². The minimum atomic E-state index is -4.04. The van der Waals surface area contributed by atoms with Crippen LogP contribution in [-0.4, -0.2) is 31.4 Å². The van der Waals surface area contributed by atoms with Crippen molar-refractivity contribution < 1.29 is 17.6 Å². The molecule has 1 aromatic carbocycles. The third-order valence-electron chi connectivity index (χ3n) is 3.41. The number of likely N-dealkylation sites (N-methyl/N-ethyl adjacent to an activating group) is 1. The van der Waals surface area contributed by atoms with Gasteiger partial charge >= 0.3 is 10.2 Å². The van der Waals surface area contributed by atoms with Crippen LogP contribution in [0.25, 0.3) is 0 Å². The van der Waals surface area contributed by atoms with Crippen LogP contribution in [0.3, 0.4) is 0 Å². The molecule has 0 unspecified atom stereocenters. The SMILES string of the molecule is CN1C(C(=O)Nc2ccc(F)c(Br)c2)=CC(c2ccc(Br)s2)=NS1(=O)=O. The molecule has 1 N–H and O–H groups in total. The number of thiophene rings is 1. The van der Waals surface area contributed by atoms with Gasteiger partial charge in [-0.2, -0.15) is 8.42 Å². The van der Waals surface area contributed by atoms with Crippen LogP contribution >= 0.6 is 43.2 Å². The van der Waals surface area contributed by atoms with Crippen LogP contribution in [0.1, 0.15) is 4.88 Å². The van der Waals surface area contributed by atoms with Gasteiger partial charge in [-0.15, -0.1) is 15.7 Å². The Balaban J connectivity index is 1.95. The molecular formula is C15H10Br2FN3O3S2. The number of nitrogens with zero attached hydrogens (tertiary/aromatic N) is 2. The predicted molar refractivity (Wildman–Crippen MR) is 106 cm³/mol. The molecule has 1 amide bonds. The summed E-state index contributed by atoms with van der Waals surface area (Å²) in [5, 5.41) is 2.55. The second kappa shape index (κ2) is 7.22. The molecule has 0 aliphatic carbocycles. The quantitative estimate of drug-likeness (QED) is 0.663. The molecule has 1 aliphatic heterocycles. The summed E-state index contributed by atoms with van der Waals surface area (Å²) in [6, 6.07) is 7.41. The van der Waals surface area contributed by atoms with E-state index >= 15 is 0 Å². The highest BCUT2D eigenvalue weighted by molar-refractivity contribution is 9.11. The van der Waals surface area contributed by atoms with Crippen molar-refractivity contribution in [1.29, 1.82) is 0 Å². The molecular weight excluding hydrogens is 513 g/mol. The number of allylic oxidation sites excluding steroid dienone is 1. The van der Waals surface area contributed by atoms with Crippen LogP contribution in [-0.2, 0) is 15.0 Å². The fraction of sp³-hybridized carbons (Fsp3) is 0.0667. The molecule has 26 heavy (non-hydrogen) atoms. The molecule has 2 aromatic rings. The maximum Gasteiger partial charge on any atom is 0.345 e. The Morgan fingerprint density at radius 3 is 2.62 bits per heavy atom. The minimum Gasteiger partial charge on any atom is -0.321 e. The topological polar surface area (TPSA) is 78.8 Å². The van der Waals surface area contributed by atoms with Crippen molar-refractivity contribution >= 4 is 70.7 Å². The predicted octanol–water partition coefficient (Wildman–Crippen LogP) is 3.91. The van der Waals surface area contributed by atoms with Crippen LogP contribution in [0.5, 0.6) is 0 Å². The number of carbonyl (C=O) groups excluding carboxylic acids is 1. The van der Waals surface area contributed by atoms with E-state index in [1.807, 2.05) is 0 Å². The number of carbonyl (C=O) groups is 1. The van der Waals surface area contributed by atoms with Crippen molar-refractivity contribution in [2.24, 2.45) is 4.40 Å². The number of hydrogen-bond donors (Lipinski definition) is 1. The summed E-state index contributed by atoms with van der Waals surface area (Å²) in [5.74, 6) is -1.13. The van der Waals surface area contributed by atoms with Crippen molar-refractivity contribution in [1.82, 2.24) is 4.31 Å². The third kappa shape index (κ3) is 3.90. The van der Waals surface area contributed by atoms with Crippen molar-refractivity contribution in [3.05, 3.63) is 61.1 Å². The average molecular weight is 523 g/mol. The number of halogens is 3. The van der Waals surface area contributed by atoms with Gasteiger partial charge in [0.05, 0.1) is 18.8 Å². The van der Waals surface area contributed by atoms with E-state index in [0.29, 0.717) is 10.6 Å². The van der Waals surface area contributed by atoms with Gasteiger partial charge in [0, 0.05) is 12.7 Å². The Kier molecular flexibility index (Phi) is 5.33. The van der Waals surface area contributed by atoms with E-state index < -0.39 is 21.9 Å². The Morgan fingerprint density at radius 1 is 1.27 bits per heavy atom. The van der Waals surface area contributed by atoms with Gasteiger partial charge in [0.2, 0.25) is 0 Å². The van der Waals surface area contributed by atoms with Gasteiger partial charge < -0.3 is 5.32 Å². The summed E-state index contributed by atoms with van der Waals surface area (Å²) in [4.78, 5) is 13.2. The second-order valence-electron chi connectivity index (χ2n) is 5.14. The molecule has 136 valence electrons. The van der Waals surface area contributed by atoms with Gasteiger partial charge in [0.25, 0.3) is 5.91 Å². The smallest absolute Gasteiger partial charge is 0.321 e. The zero-order valence-electron chi connectivity index (χ0n) is 13.0. The lowest BCUT2D eigenvalue weighted by Gasteiger charge is -2.23. The maximum atomic E-state index is 13.3. The van der Waals surface area contributed by atoms with Crippen LogP contribution in [0, 0.1) is 5.82 Å². The number of rotatable bonds is 3. The van der Waals surface area contributed by atoms with Crippen molar-refractivity contribution in [3.63, 3.8) is 0 Å². The molecule has 11 heteroatoms. The largest absolute Gasteiger partial charge is 0.345 e. The van der Waals surface area contributed by atoms with E-state index in [0.717, 1.165) is 8.09 Å². The highest BCUT2D eigenvalue weighted by Gasteiger charge is 2.30. The second-order valence-corrected chi connectivity index (χ2v) is 10.1. The molecule has 0 saturated carbocycles. The fourth-order valence-corrected chi connectivity index (χ4v) is 4.79. The highest BCUT2D eigenvalue weighted by atomic mass is 79.9. The summed E-state index contributed by atoms with van der Waals surface area (Å²) in [6.07, 6.45) is 1.40. The number of nitrogens with one attached hydrogen (secondary N) is 1. The van der Waals surface area contributed by atoms with E-state index in [1.54, 1.807) is 12.1 Å². The summed E-state index contributed by atoms with van der Waals surface area (Å²) < 4.78 is 43.4. The summed E-state index contributed by atoms with van der Waals surface area (Å²) >= 11 is 7.64. The van der Waals surface area contributed by atoms with Crippen LogP contribution in [0.2, 0.25) is 0 Å². The maximum absolute atomic E-state index is 13.3. The monoisotopic (exact) mass is 521 g/mol. The number of anilines is 1. The number of benzene rings is 1. The lowest BCUT2D eigenvalue weighted by atomic mass is 10.2. The van der Waals surface area contributed by atoms with Gasteiger partial charge in [-0.3, -0.25) is 4.79 Å². The van der Waals surface area contributed by atoms with E-state index in [1.165, 1.54) is 42.7 Å². The average Bonchev–Trinajstić information content (AvgIpc) is 2.99. The first-order valence-electron chi connectivity index (χ1n) is 7.00. The molecule has 0 bridgehead atoms. The van der Waals surface area contributed by atoms with Crippen molar-refractivity contribution in [2.75, 3.05) is 12.4 Å². The molecule has 0 radical (unpaired) electrons. The molecule has 6 nitrogen and oxygen atoms in total. The molecule has 0 saturated heterocycles. The normalized spacial score (nSPS) is 16.1.